The van der Waals surface area contributed by atoms with Crippen molar-refractivity contribution in [3.8, 4) is 0 Å². The number of likely N-dealkylation sites (tertiary alicyclic amines) is 1. The topological polar surface area (TPSA) is 81.4 Å². The SMILES string of the molecule is COCCc1noc(C2CCC(=O)N(CCc3ccccn3)C2)n1. The average molecular weight is 330 g/mol. The van der Waals surface area contributed by atoms with E-state index in [0.717, 1.165) is 18.5 Å². The average Bonchev–Trinajstić information content (AvgIpc) is 3.09. The van der Waals surface area contributed by atoms with Gasteiger partial charge in [-0.05, 0) is 18.6 Å². The molecule has 2 aromatic heterocycles. The fourth-order valence-electron chi connectivity index (χ4n) is 2.86. The first-order chi connectivity index (χ1) is 11.8. The molecule has 7 heteroatoms. The monoisotopic (exact) mass is 330 g/mol. The molecule has 0 saturated carbocycles. The van der Waals surface area contributed by atoms with Crippen LogP contribution in [-0.2, 0) is 22.4 Å². The van der Waals surface area contributed by atoms with Crippen LogP contribution in [0.25, 0.3) is 0 Å². The zero-order valence-corrected chi connectivity index (χ0v) is 13.9. The molecule has 3 heterocycles. The summed E-state index contributed by atoms with van der Waals surface area (Å²) in [7, 11) is 1.65. The molecule has 0 N–H and O–H groups in total. The molecule has 1 amide bonds. The van der Waals surface area contributed by atoms with Crippen LogP contribution in [0.5, 0.6) is 0 Å². The quantitative estimate of drug-likeness (QED) is 0.767. The Labute approximate surface area is 141 Å². The van der Waals surface area contributed by atoms with Gasteiger partial charge in [-0.1, -0.05) is 11.2 Å². The highest BCUT2D eigenvalue weighted by atomic mass is 16.5. The summed E-state index contributed by atoms with van der Waals surface area (Å²) in [6.07, 6.45) is 4.43. The van der Waals surface area contributed by atoms with E-state index in [0.29, 0.717) is 44.3 Å². The van der Waals surface area contributed by atoms with Crippen LogP contribution < -0.4 is 0 Å². The van der Waals surface area contributed by atoms with Crippen LogP contribution in [0.2, 0.25) is 0 Å². The third-order valence-corrected chi connectivity index (χ3v) is 4.23. The molecule has 1 aliphatic heterocycles. The molecule has 24 heavy (non-hydrogen) atoms. The van der Waals surface area contributed by atoms with Gasteiger partial charge in [-0.2, -0.15) is 4.98 Å². The van der Waals surface area contributed by atoms with E-state index in [1.54, 1.807) is 13.3 Å². The lowest BCUT2D eigenvalue weighted by atomic mass is 9.97. The lowest BCUT2D eigenvalue weighted by Gasteiger charge is -2.30. The van der Waals surface area contributed by atoms with Crippen molar-refractivity contribution in [2.75, 3.05) is 26.8 Å². The Morgan fingerprint density at radius 2 is 2.29 bits per heavy atom. The maximum Gasteiger partial charge on any atom is 0.231 e. The summed E-state index contributed by atoms with van der Waals surface area (Å²) in [4.78, 5) is 22.8. The largest absolute Gasteiger partial charge is 0.384 e. The Bertz CT molecular complexity index is 659. The van der Waals surface area contributed by atoms with E-state index < -0.39 is 0 Å². The molecule has 2 aromatic rings. The molecular formula is C17H22N4O3. The Kier molecular flexibility index (Phi) is 5.53. The number of rotatable bonds is 7. The van der Waals surface area contributed by atoms with E-state index in [1.165, 1.54) is 0 Å². The van der Waals surface area contributed by atoms with Gasteiger partial charge in [0, 0.05) is 51.4 Å². The van der Waals surface area contributed by atoms with E-state index in [1.807, 2.05) is 23.1 Å². The van der Waals surface area contributed by atoms with Gasteiger partial charge in [0.15, 0.2) is 5.82 Å². The lowest BCUT2D eigenvalue weighted by molar-refractivity contribution is -0.133. The molecule has 3 rings (SSSR count). The number of pyridine rings is 1. The third-order valence-electron chi connectivity index (χ3n) is 4.23. The second kappa shape index (κ2) is 8.01. The summed E-state index contributed by atoms with van der Waals surface area (Å²) in [6.45, 7) is 1.85. The molecule has 0 aromatic carbocycles. The predicted octanol–water partition coefficient (Wildman–Crippen LogP) is 1.60. The van der Waals surface area contributed by atoms with Crippen LogP contribution in [0, 0.1) is 0 Å². The van der Waals surface area contributed by atoms with Crippen molar-refractivity contribution in [1.29, 1.82) is 0 Å². The number of piperidine rings is 1. The Hall–Kier alpha value is -2.28. The van der Waals surface area contributed by atoms with Gasteiger partial charge in [-0.3, -0.25) is 9.78 Å². The van der Waals surface area contributed by atoms with E-state index in [9.17, 15) is 4.79 Å². The molecule has 1 atom stereocenters. The number of hydrogen-bond donors (Lipinski definition) is 0. The maximum absolute atomic E-state index is 12.2. The van der Waals surface area contributed by atoms with Crippen LogP contribution in [0.3, 0.4) is 0 Å². The highest BCUT2D eigenvalue weighted by Gasteiger charge is 2.30. The van der Waals surface area contributed by atoms with E-state index >= 15 is 0 Å². The molecule has 0 spiro atoms. The van der Waals surface area contributed by atoms with Crippen molar-refractivity contribution >= 4 is 5.91 Å². The standard InChI is InChI=1S/C17H22N4O3/c1-23-11-8-15-19-17(24-20-15)13-5-6-16(22)21(12-13)10-7-14-4-2-3-9-18-14/h2-4,9,13H,5-8,10-12H2,1H3. The van der Waals surface area contributed by atoms with Crippen LogP contribution in [0.15, 0.2) is 28.9 Å². The normalized spacial score (nSPS) is 18.1. The molecule has 1 unspecified atom stereocenters. The van der Waals surface area contributed by atoms with Crippen molar-refractivity contribution < 1.29 is 14.1 Å². The van der Waals surface area contributed by atoms with Gasteiger partial charge < -0.3 is 14.2 Å². The summed E-state index contributed by atoms with van der Waals surface area (Å²) >= 11 is 0. The number of hydrogen-bond acceptors (Lipinski definition) is 6. The van der Waals surface area contributed by atoms with E-state index in [-0.39, 0.29) is 11.8 Å². The Morgan fingerprint density at radius 3 is 3.08 bits per heavy atom. The van der Waals surface area contributed by atoms with Gasteiger partial charge in [0.05, 0.1) is 12.5 Å². The smallest absolute Gasteiger partial charge is 0.231 e. The number of methoxy groups -OCH3 is 1. The van der Waals surface area contributed by atoms with E-state index in [4.69, 9.17) is 9.26 Å². The van der Waals surface area contributed by atoms with Crippen molar-refractivity contribution in [2.24, 2.45) is 0 Å². The second-order valence-corrected chi connectivity index (χ2v) is 5.94. The third kappa shape index (κ3) is 4.17. The van der Waals surface area contributed by atoms with Crippen molar-refractivity contribution in [1.82, 2.24) is 20.0 Å². The molecule has 128 valence electrons. The van der Waals surface area contributed by atoms with Crippen molar-refractivity contribution in [2.45, 2.75) is 31.6 Å². The fourth-order valence-corrected chi connectivity index (χ4v) is 2.86. The summed E-state index contributed by atoms with van der Waals surface area (Å²) in [6, 6.07) is 5.83. The number of amides is 1. The molecule has 1 fully saturated rings. The minimum Gasteiger partial charge on any atom is -0.384 e. The van der Waals surface area contributed by atoms with Crippen LogP contribution in [0.4, 0.5) is 0 Å². The summed E-state index contributed by atoms with van der Waals surface area (Å²) < 4.78 is 10.4. The van der Waals surface area contributed by atoms with Gasteiger partial charge in [-0.15, -0.1) is 0 Å². The number of carbonyl (C=O) groups excluding carboxylic acids is 1. The van der Waals surface area contributed by atoms with Gasteiger partial charge in [0.2, 0.25) is 11.8 Å². The minimum absolute atomic E-state index is 0.107. The Balaban J connectivity index is 1.58. The van der Waals surface area contributed by atoms with Gasteiger partial charge >= 0.3 is 0 Å². The minimum atomic E-state index is 0.107. The summed E-state index contributed by atoms with van der Waals surface area (Å²) in [5, 5.41) is 3.99. The molecular weight excluding hydrogens is 308 g/mol. The molecule has 1 saturated heterocycles. The van der Waals surface area contributed by atoms with Crippen LogP contribution >= 0.6 is 0 Å². The van der Waals surface area contributed by atoms with Crippen LogP contribution in [-0.4, -0.2) is 52.7 Å². The first-order valence-electron chi connectivity index (χ1n) is 8.25. The predicted molar refractivity (Wildman–Crippen MR) is 86.4 cm³/mol. The highest BCUT2D eigenvalue weighted by Crippen LogP contribution is 2.26. The number of nitrogens with zero attached hydrogens (tertiary/aromatic N) is 4. The van der Waals surface area contributed by atoms with Crippen LogP contribution in [0.1, 0.15) is 36.2 Å². The first kappa shape index (κ1) is 16.6. The zero-order chi connectivity index (χ0) is 16.8. The highest BCUT2D eigenvalue weighted by molar-refractivity contribution is 5.77. The molecule has 1 aliphatic rings. The molecule has 0 aliphatic carbocycles. The van der Waals surface area contributed by atoms with Crippen molar-refractivity contribution in [3.05, 3.63) is 41.8 Å². The van der Waals surface area contributed by atoms with E-state index in [2.05, 4.69) is 15.1 Å². The van der Waals surface area contributed by atoms with Gasteiger partial charge in [-0.25, -0.2) is 0 Å². The summed E-state index contributed by atoms with van der Waals surface area (Å²) in [5.74, 6) is 1.57. The second-order valence-electron chi connectivity index (χ2n) is 5.94. The van der Waals surface area contributed by atoms with Crippen molar-refractivity contribution in [3.63, 3.8) is 0 Å². The Morgan fingerprint density at radius 1 is 1.38 bits per heavy atom. The molecule has 0 radical (unpaired) electrons. The van der Waals surface area contributed by atoms with Gasteiger partial charge in [0.1, 0.15) is 0 Å². The molecule has 0 bridgehead atoms. The summed E-state index contributed by atoms with van der Waals surface area (Å²) in [5.41, 5.74) is 0.993. The maximum atomic E-state index is 12.2. The lowest BCUT2D eigenvalue weighted by Crippen LogP contribution is -2.40. The number of ether oxygens (including phenoxy) is 1. The molecule has 7 nitrogen and oxygen atoms in total. The van der Waals surface area contributed by atoms with Gasteiger partial charge in [0.25, 0.3) is 0 Å². The zero-order valence-electron chi connectivity index (χ0n) is 13.9. The first-order valence-corrected chi connectivity index (χ1v) is 8.25. The fraction of sp³-hybridized carbons (Fsp3) is 0.529. The number of carbonyl (C=O) groups is 1. The number of aromatic nitrogens is 3.